The van der Waals surface area contributed by atoms with Gasteiger partial charge in [0.15, 0.2) is 0 Å². The van der Waals surface area contributed by atoms with E-state index < -0.39 is 16.6 Å². The molecule has 1 unspecified atom stereocenters. The monoisotopic (exact) mass is 464 g/mol. The minimum Gasteiger partial charge on any atom is -0.507 e. The lowest BCUT2D eigenvalue weighted by Gasteiger charge is -2.38. The molecule has 8 heteroatoms. The quantitative estimate of drug-likeness (QED) is 0.270. The van der Waals surface area contributed by atoms with Crippen LogP contribution in [0.4, 0.5) is 5.69 Å². The molecule has 34 heavy (non-hydrogen) atoms. The maximum absolute atomic E-state index is 12.5. The van der Waals surface area contributed by atoms with Crippen LogP contribution in [-0.2, 0) is 5.60 Å². The zero-order valence-electron chi connectivity index (χ0n) is 19.5. The molecular formula is C26H28N2O6. The number of methoxy groups -OCH3 is 2. The molecule has 0 radical (unpaired) electrons. The summed E-state index contributed by atoms with van der Waals surface area (Å²) in [6.07, 6.45) is 1.35. The zero-order chi connectivity index (χ0) is 24.9. The molecule has 0 bridgehead atoms. The molecule has 1 atom stereocenters. The Labute approximate surface area is 198 Å². The van der Waals surface area contributed by atoms with Gasteiger partial charge in [0.25, 0.3) is 5.69 Å². The predicted octanol–water partition coefficient (Wildman–Crippen LogP) is 4.70. The highest BCUT2D eigenvalue weighted by molar-refractivity contribution is 5.84. The molecule has 8 nitrogen and oxygen atoms in total. The normalized spacial score (nSPS) is 12.6. The molecule has 0 aromatic heterocycles. The summed E-state index contributed by atoms with van der Waals surface area (Å²) in [5.41, 5.74) is -0.727. The molecular weight excluding hydrogens is 436 g/mol. The third-order valence-corrected chi connectivity index (χ3v) is 5.69. The highest BCUT2D eigenvalue weighted by Gasteiger charge is 2.45. The number of hydrogen-bond acceptors (Lipinski definition) is 7. The number of nitro groups is 1. The first-order valence-corrected chi connectivity index (χ1v) is 10.7. The molecule has 0 heterocycles. The molecule has 0 aliphatic rings. The van der Waals surface area contributed by atoms with Gasteiger partial charge in [0.05, 0.1) is 25.2 Å². The number of aromatic hydroxyl groups is 1. The summed E-state index contributed by atoms with van der Waals surface area (Å²) >= 11 is 0. The highest BCUT2D eigenvalue weighted by Crippen LogP contribution is 2.45. The van der Waals surface area contributed by atoms with E-state index >= 15 is 0 Å². The lowest BCUT2D eigenvalue weighted by atomic mass is 9.75. The molecule has 0 saturated carbocycles. The molecule has 0 spiro atoms. The third-order valence-electron chi connectivity index (χ3n) is 5.69. The van der Waals surface area contributed by atoms with E-state index in [1.807, 2.05) is 13.8 Å². The summed E-state index contributed by atoms with van der Waals surface area (Å²) in [6, 6.07) is 17.2. The van der Waals surface area contributed by atoms with Crippen molar-refractivity contribution in [2.75, 3.05) is 14.2 Å². The number of phenolic OH excluding ortho intramolecular Hbond substituents is 1. The highest BCUT2D eigenvalue weighted by atomic mass is 16.6. The maximum atomic E-state index is 12.5. The predicted molar refractivity (Wildman–Crippen MR) is 130 cm³/mol. The van der Waals surface area contributed by atoms with Crippen molar-refractivity contribution in [2.45, 2.75) is 25.5 Å². The molecule has 3 rings (SSSR count). The van der Waals surface area contributed by atoms with Gasteiger partial charge in [0.1, 0.15) is 22.8 Å². The number of nitrogens with zero attached hydrogens (tertiary/aromatic N) is 2. The summed E-state index contributed by atoms with van der Waals surface area (Å²) in [7, 11) is 3.05. The maximum Gasteiger partial charge on any atom is 0.270 e. The van der Waals surface area contributed by atoms with Crippen LogP contribution in [0, 0.1) is 16.0 Å². The standard InChI is InChI=1S/C26H28N2O6/c1-17(2)25(27-16-18-15-19(28(31)32)13-14-22(18)29)26(30,20-9-5-7-11-23(20)33-3)21-10-6-8-12-24(21)34-4/h5-17,25,29-30H,1-4H3. The van der Waals surface area contributed by atoms with Crippen LogP contribution >= 0.6 is 0 Å². The number of rotatable bonds is 9. The second-order valence-corrected chi connectivity index (χ2v) is 8.13. The van der Waals surface area contributed by atoms with Crippen LogP contribution in [0.1, 0.15) is 30.5 Å². The number of benzene rings is 3. The summed E-state index contributed by atoms with van der Waals surface area (Å²) in [5.74, 6) is 0.580. The van der Waals surface area contributed by atoms with E-state index in [9.17, 15) is 20.3 Å². The Morgan fingerprint density at radius 2 is 1.50 bits per heavy atom. The fourth-order valence-corrected chi connectivity index (χ4v) is 4.06. The first-order valence-electron chi connectivity index (χ1n) is 10.7. The van der Waals surface area contributed by atoms with Crippen molar-refractivity contribution in [1.82, 2.24) is 0 Å². The topological polar surface area (TPSA) is 114 Å². The number of ether oxygens (including phenoxy) is 2. The lowest BCUT2D eigenvalue weighted by Crippen LogP contribution is -2.43. The molecule has 0 saturated heterocycles. The van der Waals surface area contributed by atoms with E-state index in [-0.39, 0.29) is 22.9 Å². The Balaban J connectivity index is 2.26. The molecule has 0 aliphatic heterocycles. The van der Waals surface area contributed by atoms with E-state index in [2.05, 4.69) is 4.99 Å². The van der Waals surface area contributed by atoms with Gasteiger partial charge >= 0.3 is 0 Å². The van der Waals surface area contributed by atoms with Gasteiger partial charge < -0.3 is 19.7 Å². The number of aliphatic hydroxyl groups is 1. The summed E-state index contributed by atoms with van der Waals surface area (Å²) in [5, 5.41) is 33.9. The second kappa shape index (κ2) is 10.4. The van der Waals surface area contributed by atoms with Crippen LogP contribution in [0.5, 0.6) is 17.2 Å². The van der Waals surface area contributed by atoms with Crippen molar-refractivity contribution in [3.8, 4) is 17.2 Å². The Morgan fingerprint density at radius 1 is 0.971 bits per heavy atom. The molecule has 0 amide bonds. The molecule has 178 valence electrons. The van der Waals surface area contributed by atoms with Gasteiger partial charge in [-0.2, -0.15) is 0 Å². The molecule has 0 fully saturated rings. The Kier molecular flexibility index (Phi) is 7.53. The van der Waals surface area contributed by atoms with Crippen LogP contribution in [0.15, 0.2) is 71.7 Å². The van der Waals surface area contributed by atoms with Crippen molar-refractivity contribution in [2.24, 2.45) is 10.9 Å². The number of non-ortho nitro benzene ring substituents is 1. The number of phenols is 1. The van der Waals surface area contributed by atoms with Crippen LogP contribution < -0.4 is 9.47 Å². The van der Waals surface area contributed by atoms with Crippen molar-refractivity contribution in [1.29, 1.82) is 0 Å². The number of nitro benzene ring substituents is 1. The zero-order valence-corrected chi connectivity index (χ0v) is 19.5. The summed E-state index contributed by atoms with van der Waals surface area (Å²) in [6.45, 7) is 3.82. The fourth-order valence-electron chi connectivity index (χ4n) is 4.06. The number of aliphatic imine (C=N–C) groups is 1. The van der Waals surface area contributed by atoms with Gasteiger partial charge in [0.2, 0.25) is 0 Å². The molecule has 2 N–H and O–H groups in total. The molecule has 3 aromatic rings. The van der Waals surface area contributed by atoms with Crippen LogP contribution in [0.2, 0.25) is 0 Å². The van der Waals surface area contributed by atoms with E-state index in [1.165, 1.54) is 38.6 Å². The van der Waals surface area contributed by atoms with Crippen LogP contribution in [-0.4, -0.2) is 41.6 Å². The largest absolute Gasteiger partial charge is 0.507 e. The van der Waals surface area contributed by atoms with Gasteiger partial charge in [-0.3, -0.25) is 15.1 Å². The smallest absolute Gasteiger partial charge is 0.270 e. The van der Waals surface area contributed by atoms with E-state index in [4.69, 9.17) is 9.47 Å². The average Bonchev–Trinajstić information content (AvgIpc) is 2.84. The first kappa shape index (κ1) is 24.7. The number of para-hydroxylation sites is 2. The molecule has 3 aromatic carbocycles. The fraction of sp³-hybridized carbons (Fsp3) is 0.269. The Morgan fingerprint density at radius 3 is 1.97 bits per heavy atom. The van der Waals surface area contributed by atoms with Crippen LogP contribution in [0.25, 0.3) is 0 Å². The minimum atomic E-state index is -1.69. The van der Waals surface area contributed by atoms with Crippen LogP contribution in [0.3, 0.4) is 0 Å². The lowest BCUT2D eigenvalue weighted by molar-refractivity contribution is -0.384. The van der Waals surface area contributed by atoms with Crippen molar-refractivity contribution in [3.05, 3.63) is 93.5 Å². The minimum absolute atomic E-state index is 0.157. The van der Waals surface area contributed by atoms with Gasteiger partial charge in [-0.05, 0) is 24.1 Å². The first-order chi connectivity index (χ1) is 16.2. The van der Waals surface area contributed by atoms with E-state index in [0.29, 0.717) is 22.6 Å². The van der Waals surface area contributed by atoms with Gasteiger partial charge in [-0.25, -0.2) is 0 Å². The summed E-state index contributed by atoms with van der Waals surface area (Å²) < 4.78 is 11.1. The van der Waals surface area contributed by atoms with Crippen molar-refractivity contribution in [3.63, 3.8) is 0 Å². The van der Waals surface area contributed by atoms with Crippen molar-refractivity contribution < 1.29 is 24.6 Å². The van der Waals surface area contributed by atoms with E-state index in [0.717, 1.165) is 0 Å². The Bertz CT molecular complexity index is 1140. The van der Waals surface area contributed by atoms with E-state index in [1.54, 1.807) is 48.5 Å². The van der Waals surface area contributed by atoms with Gasteiger partial charge in [0, 0.05) is 35.0 Å². The average molecular weight is 465 g/mol. The van der Waals surface area contributed by atoms with Crippen molar-refractivity contribution >= 4 is 11.9 Å². The molecule has 0 aliphatic carbocycles. The second-order valence-electron chi connectivity index (χ2n) is 8.13. The van der Waals surface area contributed by atoms with Gasteiger partial charge in [-0.15, -0.1) is 0 Å². The number of hydrogen-bond donors (Lipinski definition) is 2. The summed E-state index contributed by atoms with van der Waals surface area (Å²) in [4.78, 5) is 15.3. The third kappa shape index (κ3) is 4.72. The SMILES string of the molecule is COc1ccccc1C(O)(c1ccccc1OC)C(N=Cc1cc([N+](=O)[O-])ccc1O)C(C)C. The van der Waals surface area contributed by atoms with Gasteiger partial charge in [-0.1, -0.05) is 50.2 Å². The Hall–Kier alpha value is -3.91.